The molecule has 0 atom stereocenters. The molecule has 3 rings (SSSR count). The van der Waals surface area contributed by atoms with Crippen molar-refractivity contribution in [3.05, 3.63) is 18.0 Å². The van der Waals surface area contributed by atoms with Crippen LogP contribution in [0.25, 0.3) is 5.95 Å². The molecule has 0 aliphatic carbocycles. The molecule has 1 aliphatic heterocycles. The van der Waals surface area contributed by atoms with Crippen LogP contribution in [0.15, 0.2) is 12.3 Å². The predicted molar refractivity (Wildman–Crippen MR) is 72.9 cm³/mol. The number of amides is 1. The van der Waals surface area contributed by atoms with Crippen molar-refractivity contribution in [1.29, 1.82) is 0 Å². The van der Waals surface area contributed by atoms with E-state index in [0.29, 0.717) is 32.3 Å². The molecule has 1 aliphatic rings. The Hall–Kier alpha value is -2.75. The second-order valence-corrected chi connectivity index (χ2v) is 4.40. The van der Waals surface area contributed by atoms with E-state index in [2.05, 4.69) is 20.1 Å². The smallest absolute Gasteiger partial charge is 0.269 e. The Balaban J connectivity index is 1.94. The number of rotatable bonds is 3. The fourth-order valence-corrected chi connectivity index (χ4v) is 1.94. The fraction of sp³-hybridized carbons (Fsp3) is 0.364. The molecule has 0 radical (unpaired) electrons. The fourth-order valence-electron chi connectivity index (χ4n) is 1.94. The van der Waals surface area contributed by atoms with Gasteiger partial charge in [-0.25, -0.2) is 4.68 Å². The second kappa shape index (κ2) is 5.32. The van der Waals surface area contributed by atoms with E-state index in [1.165, 1.54) is 16.9 Å². The average Bonchev–Trinajstić information content (AvgIpc) is 2.98. The van der Waals surface area contributed by atoms with Crippen molar-refractivity contribution < 1.29 is 9.53 Å². The number of ether oxygens (including phenoxy) is 1. The lowest BCUT2D eigenvalue weighted by Crippen LogP contribution is -2.37. The Morgan fingerprint density at radius 3 is 2.57 bits per heavy atom. The Morgan fingerprint density at radius 2 is 1.90 bits per heavy atom. The summed E-state index contributed by atoms with van der Waals surface area (Å²) in [6, 6.07) is 1.48. The van der Waals surface area contributed by atoms with Gasteiger partial charge in [-0.2, -0.15) is 20.1 Å². The van der Waals surface area contributed by atoms with Gasteiger partial charge in [-0.1, -0.05) is 0 Å². The van der Waals surface area contributed by atoms with E-state index in [0.717, 1.165) is 0 Å². The Bertz CT molecular complexity index is 664. The number of carbonyl (C=O) groups is 1. The summed E-state index contributed by atoms with van der Waals surface area (Å²) in [5.41, 5.74) is 11.0. The molecule has 110 valence electrons. The van der Waals surface area contributed by atoms with Gasteiger partial charge >= 0.3 is 0 Å². The quantitative estimate of drug-likeness (QED) is 0.702. The van der Waals surface area contributed by atoms with Gasteiger partial charge in [-0.3, -0.25) is 4.79 Å². The van der Waals surface area contributed by atoms with Crippen molar-refractivity contribution in [2.45, 2.75) is 0 Å². The van der Waals surface area contributed by atoms with Gasteiger partial charge in [0.25, 0.3) is 11.9 Å². The minimum Gasteiger partial charge on any atom is -0.378 e. The zero-order valence-electron chi connectivity index (χ0n) is 11.1. The molecule has 1 fully saturated rings. The minimum absolute atomic E-state index is 0.0811. The summed E-state index contributed by atoms with van der Waals surface area (Å²) in [6.07, 6.45) is 1.54. The van der Waals surface area contributed by atoms with Gasteiger partial charge in [0, 0.05) is 19.3 Å². The molecule has 10 nitrogen and oxygen atoms in total. The van der Waals surface area contributed by atoms with Crippen LogP contribution in [0.1, 0.15) is 10.5 Å². The van der Waals surface area contributed by atoms with Gasteiger partial charge in [-0.15, -0.1) is 0 Å². The lowest BCUT2D eigenvalue weighted by atomic mass is 10.4. The molecule has 2 aromatic heterocycles. The van der Waals surface area contributed by atoms with Crippen molar-refractivity contribution in [1.82, 2.24) is 24.7 Å². The Morgan fingerprint density at radius 1 is 1.19 bits per heavy atom. The number of nitrogens with two attached hydrogens (primary N) is 2. The molecule has 0 spiro atoms. The van der Waals surface area contributed by atoms with Crippen molar-refractivity contribution >= 4 is 17.8 Å². The predicted octanol–water partition coefficient (Wildman–Crippen LogP) is -1.42. The summed E-state index contributed by atoms with van der Waals surface area (Å²) < 4.78 is 6.62. The van der Waals surface area contributed by atoms with Gasteiger partial charge in [0.15, 0.2) is 0 Å². The molecule has 21 heavy (non-hydrogen) atoms. The van der Waals surface area contributed by atoms with Crippen molar-refractivity contribution in [3.8, 4) is 5.95 Å². The number of nitrogens with zero attached hydrogens (tertiary/aromatic N) is 6. The first-order valence-electron chi connectivity index (χ1n) is 6.33. The zero-order chi connectivity index (χ0) is 14.8. The largest absolute Gasteiger partial charge is 0.378 e. The maximum Gasteiger partial charge on any atom is 0.269 e. The van der Waals surface area contributed by atoms with E-state index < -0.39 is 5.91 Å². The molecule has 0 bridgehead atoms. The third-order valence-corrected chi connectivity index (χ3v) is 2.97. The van der Waals surface area contributed by atoms with Gasteiger partial charge < -0.3 is 21.1 Å². The number of aromatic nitrogens is 5. The lowest BCUT2D eigenvalue weighted by Gasteiger charge is -2.26. The summed E-state index contributed by atoms with van der Waals surface area (Å²) in [6.45, 7) is 2.56. The molecule has 10 heteroatoms. The maximum atomic E-state index is 11.1. The molecule has 0 aromatic carbocycles. The molecule has 0 saturated carbocycles. The van der Waals surface area contributed by atoms with Crippen molar-refractivity contribution in [2.24, 2.45) is 5.73 Å². The highest BCUT2D eigenvalue weighted by molar-refractivity contribution is 5.90. The summed E-state index contributed by atoms with van der Waals surface area (Å²) in [5.74, 6) is 0.148. The summed E-state index contributed by atoms with van der Waals surface area (Å²) >= 11 is 0. The summed E-state index contributed by atoms with van der Waals surface area (Å²) in [5, 5.41) is 4.00. The second-order valence-electron chi connectivity index (χ2n) is 4.40. The van der Waals surface area contributed by atoms with Crippen LogP contribution in [-0.4, -0.2) is 56.9 Å². The first kappa shape index (κ1) is 13.2. The monoisotopic (exact) mass is 290 g/mol. The molecule has 1 amide bonds. The van der Waals surface area contributed by atoms with Crippen LogP contribution in [0.2, 0.25) is 0 Å². The molecular formula is C11H14N8O2. The van der Waals surface area contributed by atoms with E-state index >= 15 is 0 Å². The lowest BCUT2D eigenvalue weighted by molar-refractivity contribution is 0.0995. The number of carbonyl (C=O) groups excluding carboxylic acids is 1. The third kappa shape index (κ3) is 2.74. The first-order chi connectivity index (χ1) is 10.1. The van der Waals surface area contributed by atoms with Crippen LogP contribution >= 0.6 is 0 Å². The summed E-state index contributed by atoms with van der Waals surface area (Å²) in [4.78, 5) is 25.5. The summed E-state index contributed by atoms with van der Waals surface area (Å²) in [7, 11) is 0. The van der Waals surface area contributed by atoms with Gasteiger partial charge in [0.2, 0.25) is 11.9 Å². The van der Waals surface area contributed by atoms with E-state index in [1.54, 1.807) is 0 Å². The topological polar surface area (TPSA) is 138 Å². The van der Waals surface area contributed by atoms with Crippen LogP contribution in [-0.2, 0) is 4.74 Å². The van der Waals surface area contributed by atoms with Gasteiger partial charge in [-0.05, 0) is 6.07 Å². The molecule has 2 aromatic rings. The number of hydrogen-bond donors (Lipinski definition) is 2. The first-order valence-corrected chi connectivity index (χ1v) is 6.33. The van der Waals surface area contributed by atoms with Crippen molar-refractivity contribution in [2.75, 3.05) is 36.9 Å². The number of hydrogen-bond acceptors (Lipinski definition) is 8. The van der Waals surface area contributed by atoms with E-state index in [4.69, 9.17) is 16.2 Å². The average molecular weight is 290 g/mol. The van der Waals surface area contributed by atoms with Gasteiger partial charge in [0.05, 0.1) is 13.2 Å². The van der Waals surface area contributed by atoms with Crippen molar-refractivity contribution in [3.63, 3.8) is 0 Å². The number of primary amides is 1. The maximum absolute atomic E-state index is 11.1. The van der Waals surface area contributed by atoms with Crippen LogP contribution in [0, 0.1) is 0 Å². The normalized spacial score (nSPS) is 15.1. The van der Waals surface area contributed by atoms with E-state index in [-0.39, 0.29) is 17.6 Å². The molecule has 1 saturated heterocycles. The highest BCUT2D eigenvalue weighted by Crippen LogP contribution is 2.13. The molecular weight excluding hydrogens is 276 g/mol. The van der Waals surface area contributed by atoms with Gasteiger partial charge in [0.1, 0.15) is 5.69 Å². The SMILES string of the molecule is NC(=O)c1ccn(-c2nc(N)nc(N3CCOCC3)n2)n1. The van der Waals surface area contributed by atoms with Crippen LogP contribution in [0.4, 0.5) is 11.9 Å². The third-order valence-electron chi connectivity index (χ3n) is 2.97. The molecule has 3 heterocycles. The van der Waals surface area contributed by atoms with Crippen LogP contribution in [0.5, 0.6) is 0 Å². The molecule has 0 unspecified atom stereocenters. The molecule has 4 N–H and O–H groups in total. The highest BCUT2D eigenvalue weighted by atomic mass is 16.5. The van der Waals surface area contributed by atoms with Crippen LogP contribution < -0.4 is 16.4 Å². The number of morpholine rings is 1. The van der Waals surface area contributed by atoms with Crippen LogP contribution in [0.3, 0.4) is 0 Å². The Kier molecular flexibility index (Phi) is 3.36. The van der Waals surface area contributed by atoms with E-state index in [1.807, 2.05) is 4.90 Å². The highest BCUT2D eigenvalue weighted by Gasteiger charge is 2.17. The zero-order valence-corrected chi connectivity index (χ0v) is 11.1. The standard InChI is InChI=1S/C11H14N8O2/c12-8(20)7-1-2-19(17-7)11-15-9(13)14-10(16-11)18-3-5-21-6-4-18/h1-2H,3-6H2,(H2,12,20)(H2,13,14,15,16). The number of anilines is 2. The minimum atomic E-state index is -0.621. The number of nitrogen functional groups attached to an aromatic ring is 1. The van der Waals surface area contributed by atoms with E-state index in [9.17, 15) is 4.79 Å². The Labute approximate surface area is 119 Å².